The molecule has 0 spiro atoms. The predicted molar refractivity (Wildman–Crippen MR) is 138 cm³/mol. The van der Waals surface area contributed by atoms with E-state index in [0.29, 0.717) is 19.5 Å². The second-order valence-electron chi connectivity index (χ2n) is 9.48. The summed E-state index contributed by atoms with van der Waals surface area (Å²) in [5.41, 5.74) is 3.05. The number of piperazine rings is 1. The number of benzene rings is 3. The highest BCUT2D eigenvalue weighted by molar-refractivity contribution is 5.87. The first-order chi connectivity index (χ1) is 17.0. The first-order valence-electron chi connectivity index (χ1n) is 12.4. The Morgan fingerprint density at radius 3 is 1.94 bits per heavy atom. The second kappa shape index (κ2) is 11.2. The first kappa shape index (κ1) is 24.5. The Morgan fingerprint density at radius 2 is 1.37 bits per heavy atom. The minimum atomic E-state index is -0.617. The first-order valence-corrected chi connectivity index (χ1v) is 12.4. The normalized spacial score (nSPS) is 17.8. The third kappa shape index (κ3) is 5.73. The quantitative estimate of drug-likeness (QED) is 0.423. The van der Waals surface area contributed by atoms with E-state index in [4.69, 9.17) is 4.74 Å². The van der Waals surface area contributed by atoms with Gasteiger partial charge < -0.3 is 9.64 Å². The molecule has 0 bridgehead atoms. The molecule has 1 aliphatic rings. The summed E-state index contributed by atoms with van der Waals surface area (Å²) in [7, 11) is 0. The fourth-order valence-corrected chi connectivity index (χ4v) is 4.76. The van der Waals surface area contributed by atoms with Crippen LogP contribution < -0.4 is 0 Å². The lowest BCUT2D eigenvalue weighted by Gasteiger charge is -2.43. The van der Waals surface area contributed by atoms with Crippen LogP contribution in [0.3, 0.4) is 0 Å². The van der Waals surface area contributed by atoms with Crippen LogP contribution in [0.1, 0.15) is 49.6 Å². The van der Waals surface area contributed by atoms with Gasteiger partial charge in [0.15, 0.2) is 0 Å². The number of hydrogen-bond acceptors (Lipinski definition) is 3. The standard InChI is InChI=1S/C30H34N2O3/c1-22(2)28(26-17-11-6-12-18-26)35-30(34)32-20-19-31(23(3)25-15-9-5-10-16-25)29(33)27(32)21-24-13-7-4-8-14-24/h4-18,22-23,27-28H,19-21H2,1-3H3/t23-,27+,28-/m0/s1. The monoisotopic (exact) mass is 470 g/mol. The van der Waals surface area contributed by atoms with E-state index in [1.54, 1.807) is 4.90 Å². The molecule has 0 unspecified atom stereocenters. The van der Waals surface area contributed by atoms with Crippen molar-refractivity contribution >= 4 is 12.0 Å². The van der Waals surface area contributed by atoms with Crippen molar-refractivity contribution in [3.05, 3.63) is 108 Å². The summed E-state index contributed by atoms with van der Waals surface area (Å²) in [6.07, 6.45) is -0.365. The van der Waals surface area contributed by atoms with Crippen LogP contribution in [-0.2, 0) is 16.0 Å². The lowest BCUT2D eigenvalue weighted by molar-refractivity contribution is -0.143. The Morgan fingerprint density at radius 1 is 0.829 bits per heavy atom. The molecule has 0 radical (unpaired) electrons. The van der Waals surface area contributed by atoms with Crippen LogP contribution in [-0.4, -0.2) is 40.9 Å². The third-order valence-corrected chi connectivity index (χ3v) is 6.74. The van der Waals surface area contributed by atoms with Crippen LogP contribution in [0.4, 0.5) is 4.79 Å². The summed E-state index contributed by atoms with van der Waals surface area (Å²) < 4.78 is 6.05. The van der Waals surface area contributed by atoms with Gasteiger partial charge in [-0.05, 0) is 29.5 Å². The maximum Gasteiger partial charge on any atom is 0.411 e. The molecule has 1 fully saturated rings. The average Bonchev–Trinajstić information content (AvgIpc) is 2.89. The van der Waals surface area contributed by atoms with Gasteiger partial charge >= 0.3 is 6.09 Å². The van der Waals surface area contributed by atoms with Crippen LogP contribution >= 0.6 is 0 Å². The number of hydrogen-bond donors (Lipinski definition) is 0. The van der Waals surface area contributed by atoms with E-state index in [2.05, 4.69) is 0 Å². The van der Waals surface area contributed by atoms with E-state index >= 15 is 0 Å². The topological polar surface area (TPSA) is 49.9 Å². The molecular weight excluding hydrogens is 436 g/mol. The van der Waals surface area contributed by atoms with Gasteiger partial charge in [-0.2, -0.15) is 0 Å². The highest BCUT2D eigenvalue weighted by atomic mass is 16.6. The van der Waals surface area contributed by atoms with Crippen molar-refractivity contribution in [3.8, 4) is 0 Å². The van der Waals surface area contributed by atoms with Crippen LogP contribution in [0.25, 0.3) is 0 Å². The number of carbonyl (C=O) groups is 2. The van der Waals surface area contributed by atoms with Crippen molar-refractivity contribution in [1.82, 2.24) is 9.80 Å². The summed E-state index contributed by atoms with van der Waals surface area (Å²) in [5.74, 6) is 0.0539. The van der Waals surface area contributed by atoms with Crippen LogP contribution in [0.5, 0.6) is 0 Å². The van der Waals surface area contributed by atoms with E-state index in [9.17, 15) is 9.59 Å². The fraction of sp³-hybridized carbons (Fsp3) is 0.333. The van der Waals surface area contributed by atoms with Crippen molar-refractivity contribution in [3.63, 3.8) is 0 Å². The smallest absolute Gasteiger partial charge is 0.411 e. The van der Waals surface area contributed by atoms with Gasteiger partial charge in [0.1, 0.15) is 12.1 Å². The number of carbonyl (C=O) groups excluding carboxylic acids is 2. The molecule has 1 heterocycles. The molecule has 4 rings (SSSR count). The van der Waals surface area contributed by atoms with Crippen molar-refractivity contribution in [1.29, 1.82) is 0 Å². The molecule has 3 atom stereocenters. The third-order valence-electron chi connectivity index (χ3n) is 6.74. The van der Waals surface area contributed by atoms with E-state index in [-0.39, 0.29) is 24.0 Å². The second-order valence-corrected chi connectivity index (χ2v) is 9.48. The Hall–Kier alpha value is -3.60. The predicted octanol–water partition coefficient (Wildman–Crippen LogP) is 6.04. The van der Waals surface area contributed by atoms with Gasteiger partial charge in [-0.1, -0.05) is 105 Å². The summed E-state index contributed by atoms with van der Waals surface area (Å²) in [5, 5.41) is 0. The van der Waals surface area contributed by atoms with Gasteiger partial charge in [0.2, 0.25) is 5.91 Å². The lowest BCUT2D eigenvalue weighted by atomic mass is 9.98. The number of nitrogens with zero attached hydrogens (tertiary/aromatic N) is 2. The van der Waals surface area contributed by atoms with Gasteiger partial charge in [0, 0.05) is 19.5 Å². The Labute approximate surface area is 208 Å². The van der Waals surface area contributed by atoms with Crippen LogP contribution in [0.2, 0.25) is 0 Å². The van der Waals surface area contributed by atoms with Gasteiger partial charge in [0.25, 0.3) is 0 Å². The minimum Gasteiger partial charge on any atom is -0.441 e. The summed E-state index contributed by atoms with van der Waals surface area (Å²) in [6, 6.07) is 29.0. The van der Waals surface area contributed by atoms with E-state index < -0.39 is 12.1 Å². The van der Waals surface area contributed by atoms with E-state index in [1.165, 1.54) is 0 Å². The molecule has 0 N–H and O–H groups in total. The maximum absolute atomic E-state index is 13.8. The molecule has 182 valence electrons. The molecular formula is C30H34N2O3. The molecule has 0 aromatic heterocycles. The minimum absolute atomic E-state index is 0.0470. The van der Waals surface area contributed by atoms with Crippen LogP contribution in [0, 0.1) is 5.92 Å². The van der Waals surface area contributed by atoms with E-state index in [1.807, 2.05) is 117 Å². The van der Waals surface area contributed by atoms with E-state index in [0.717, 1.165) is 16.7 Å². The Kier molecular flexibility index (Phi) is 7.86. The van der Waals surface area contributed by atoms with Crippen molar-refractivity contribution in [2.45, 2.75) is 45.4 Å². The van der Waals surface area contributed by atoms with Crippen LogP contribution in [0.15, 0.2) is 91.0 Å². The highest BCUT2D eigenvalue weighted by Crippen LogP contribution is 2.30. The zero-order chi connectivity index (χ0) is 24.8. The summed E-state index contributed by atoms with van der Waals surface area (Å²) in [4.78, 5) is 30.9. The molecule has 1 saturated heterocycles. The highest BCUT2D eigenvalue weighted by Gasteiger charge is 2.41. The van der Waals surface area contributed by atoms with Gasteiger partial charge in [-0.25, -0.2) is 4.79 Å². The summed E-state index contributed by atoms with van der Waals surface area (Å²) >= 11 is 0. The molecule has 5 heteroatoms. The zero-order valence-corrected chi connectivity index (χ0v) is 20.7. The van der Waals surface area contributed by atoms with Gasteiger partial charge in [-0.15, -0.1) is 0 Å². The lowest BCUT2D eigenvalue weighted by Crippen LogP contribution is -2.60. The van der Waals surface area contributed by atoms with Crippen molar-refractivity contribution < 1.29 is 14.3 Å². The molecule has 0 aliphatic carbocycles. The molecule has 3 aromatic rings. The largest absolute Gasteiger partial charge is 0.441 e. The SMILES string of the molecule is CC(C)[C@H](OC(=O)N1CCN([C@@H](C)c2ccccc2)C(=O)[C@H]1Cc1ccccc1)c1ccccc1. The Balaban J connectivity index is 1.59. The summed E-state index contributed by atoms with van der Waals surface area (Å²) in [6.45, 7) is 7.02. The molecule has 0 saturated carbocycles. The fourth-order valence-electron chi connectivity index (χ4n) is 4.76. The maximum atomic E-state index is 13.8. The average molecular weight is 471 g/mol. The molecule has 1 aliphatic heterocycles. The number of ether oxygens (including phenoxy) is 1. The van der Waals surface area contributed by atoms with Gasteiger partial charge in [0.05, 0.1) is 6.04 Å². The number of amides is 2. The molecule has 5 nitrogen and oxygen atoms in total. The zero-order valence-electron chi connectivity index (χ0n) is 20.7. The molecule has 2 amide bonds. The van der Waals surface area contributed by atoms with Crippen molar-refractivity contribution in [2.24, 2.45) is 5.92 Å². The number of rotatable bonds is 7. The van der Waals surface area contributed by atoms with Gasteiger partial charge in [-0.3, -0.25) is 9.69 Å². The van der Waals surface area contributed by atoms with Crippen molar-refractivity contribution in [2.75, 3.05) is 13.1 Å². The molecule has 35 heavy (non-hydrogen) atoms. The Bertz CT molecular complexity index is 1100. The molecule has 3 aromatic carbocycles.